The number of cyclic esters (lactones) is 2. The number of fused-ring (bicyclic) bond motifs is 1. The lowest BCUT2D eigenvalue weighted by Crippen LogP contribution is -2.64. The van der Waals surface area contributed by atoms with Crippen molar-refractivity contribution in [3.8, 4) is 0 Å². The molecule has 3 saturated carbocycles. The van der Waals surface area contributed by atoms with E-state index in [1.165, 1.54) is 5.57 Å². The molecule has 0 aromatic carbocycles. The van der Waals surface area contributed by atoms with Crippen molar-refractivity contribution in [1.29, 1.82) is 0 Å². The van der Waals surface area contributed by atoms with Gasteiger partial charge in [-0.1, -0.05) is 45.8 Å². The van der Waals surface area contributed by atoms with E-state index in [9.17, 15) is 14.4 Å². The van der Waals surface area contributed by atoms with Gasteiger partial charge in [0.15, 0.2) is 0 Å². The fourth-order valence-electron chi connectivity index (χ4n) is 8.74. The van der Waals surface area contributed by atoms with Gasteiger partial charge in [-0.15, -0.1) is 0 Å². The predicted octanol–water partition coefficient (Wildman–Crippen LogP) is 4.89. The van der Waals surface area contributed by atoms with Gasteiger partial charge in [-0.05, 0) is 72.8 Å². The molecular weight excluding hydrogens is 388 g/mol. The number of esters is 2. The summed E-state index contributed by atoms with van der Waals surface area (Å²) in [4.78, 5) is 38.0. The summed E-state index contributed by atoms with van der Waals surface area (Å²) in [6, 6.07) is 0. The highest BCUT2D eigenvalue weighted by Crippen LogP contribution is 2.74. The van der Waals surface area contributed by atoms with Crippen LogP contribution in [0.2, 0.25) is 0 Å². The van der Waals surface area contributed by atoms with Crippen molar-refractivity contribution in [2.24, 2.45) is 51.8 Å². The van der Waals surface area contributed by atoms with Crippen LogP contribution in [0.1, 0.15) is 66.2 Å². The second-order valence-corrected chi connectivity index (χ2v) is 11.5. The topological polar surface area (TPSA) is 60.4 Å². The van der Waals surface area contributed by atoms with E-state index in [2.05, 4.69) is 33.8 Å². The number of rotatable bonds is 2. The lowest BCUT2D eigenvalue weighted by Gasteiger charge is -2.68. The highest BCUT2D eigenvalue weighted by Gasteiger charge is 2.72. The number of allylic oxidation sites excluding steroid dienone is 2. The molecule has 8 atom stereocenters. The third-order valence-corrected chi connectivity index (χ3v) is 10.3. The van der Waals surface area contributed by atoms with E-state index < -0.39 is 5.41 Å². The molecule has 0 radical (unpaired) electrons. The zero-order valence-corrected chi connectivity index (χ0v) is 18.6. The molecule has 5 aliphatic carbocycles. The first-order chi connectivity index (χ1) is 13.6. The minimum Gasteiger partial charge on any atom is -0.393 e. The molecule has 1 aliphatic heterocycles. The van der Waals surface area contributed by atoms with Gasteiger partial charge in [-0.3, -0.25) is 14.4 Å². The van der Waals surface area contributed by atoms with Gasteiger partial charge in [-0.2, -0.15) is 0 Å². The average molecular weight is 419 g/mol. The van der Waals surface area contributed by atoms with E-state index in [1.807, 2.05) is 0 Å². The van der Waals surface area contributed by atoms with Crippen LogP contribution in [0.25, 0.3) is 0 Å². The molecule has 29 heavy (non-hydrogen) atoms. The average Bonchev–Trinajstić information content (AvgIpc) is 2.97. The summed E-state index contributed by atoms with van der Waals surface area (Å²) in [7, 11) is 0. The fourth-order valence-corrected chi connectivity index (χ4v) is 8.97. The third-order valence-electron chi connectivity index (χ3n) is 9.86. The molecular formula is C24H31ClO4. The Balaban J connectivity index is 1.67. The Morgan fingerprint density at radius 3 is 2.52 bits per heavy atom. The molecule has 4 nitrogen and oxygen atoms in total. The van der Waals surface area contributed by atoms with Crippen LogP contribution in [-0.4, -0.2) is 17.2 Å². The van der Waals surface area contributed by atoms with Crippen molar-refractivity contribution in [3.05, 3.63) is 11.6 Å². The van der Waals surface area contributed by atoms with Crippen molar-refractivity contribution in [2.45, 2.75) is 66.2 Å². The van der Waals surface area contributed by atoms with Crippen LogP contribution in [0, 0.1) is 51.8 Å². The number of hydrogen-bond acceptors (Lipinski definition) is 4. The highest BCUT2D eigenvalue weighted by atomic mass is 35.5. The van der Waals surface area contributed by atoms with Gasteiger partial charge in [0.2, 0.25) is 5.24 Å². The fraction of sp³-hybridized carbons (Fsp3) is 0.792. The maximum Gasteiger partial charge on any atom is 0.318 e. The Morgan fingerprint density at radius 1 is 1.14 bits per heavy atom. The van der Waals surface area contributed by atoms with E-state index in [1.54, 1.807) is 0 Å². The summed E-state index contributed by atoms with van der Waals surface area (Å²) in [6.45, 7) is 8.76. The smallest absolute Gasteiger partial charge is 0.318 e. The van der Waals surface area contributed by atoms with E-state index in [0.717, 1.165) is 38.5 Å². The molecule has 4 fully saturated rings. The maximum atomic E-state index is 12.9. The van der Waals surface area contributed by atoms with Gasteiger partial charge in [0.05, 0.1) is 11.8 Å². The summed E-state index contributed by atoms with van der Waals surface area (Å²) in [5.74, 6) is -0.337. The first-order valence-electron chi connectivity index (χ1n) is 11.2. The number of carbonyl (C=O) groups is 3. The van der Waals surface area contributed by atoms with E-state index in [4.69, 9.17) is 16.3 Å². The molecule has 0 N–H and O–H groups in total. The summed E-state index contributed by atoms with van der Waals surface area (Å²) >= 11 is 6.16. The molecule has 1 heterocycles. The molecule has 6 rings (SSSR count). The Bertz CT molecular complexity index is 846. The van der Waals surface area contributed by atoms with E-state index in [0.29, 0.717) is 5.92 Å². The first kappa shape index (κ1) is 19.8. The van der Waals surface area contributed by atoms with Crippen molar-refractivity contribution >= 4 is 28.8 Å². The standard InChI is InChI=1S/C24H31ClO4/c1-12(2)14-11-24-9-6-15-22(3,7-5-8-23(15,4)21(25)28)16(24)10-13(14)17-18(24)20(27)29-19(17)26/h11-13,15-18H,5-10H2,1-4H3. The predicted molar refractivity (Wildman–Crippen MR) is 109 cm³/mol. The number of halogens is 1. The molecule has 158 valence electrons. The van der Waals surface area contributed by atoms with Gasteiger partial charge in [0, 0.05) is 10.8 Å². The minimum absolute atomic E-state index is 0.0516. The normalized spacial score (nSPS) is 50.6. The van der Waals surface area contributed by atoms with Gasteiger partial charge >= 0.3 is 11.9 Å². The van der Waals surface area contributed by atoms with Crippen LogP contribution in [0.15, 0.2) is 11.6 Å². The van der Waals surface area contributed by atoms with Crippen LogP contribution in [0.5, 0.6) is 0 Å². The number of hydrogen-bond donors (Lipinski definition) is 0. The second-order valence-electron chi connectivity index (χ2n) is 11.2. The minimum atomic E-state index is -0.497. The van der Waals surface area contributed by atoms with Crippen LogP contribution in [-0.2, 0) is 19.1 Å². The molecule has 0 amide bonds. The van der Waals surface area contributed by atoms with Gasteiger partial charge in [0.25, 0.3) is 0 Å². The lowest BCUT2D eigenvalue weighted by atomic mass is 9.35. The number of carbonyl (C=O) groups excluding carboxylic acids is 3. The largest absolute Gasteiger partial charge is 0.393 e. The molecule has 8 unspecified atom stereocenters. The quantitative estimate of drug-likeness (QED) is 0.277. The van der Waals surface area contributed by atoms with Crippen LogP contribution in [0.4, 0.5) is 0 Å². The molecule has 5 heteroatoms. The van der Waals surface area contributed by atoms with Crippen molar-refractivity contribution in [1.82, 2.24) is 0 Å². The summed E-state index contributed by atoms with van der Waals surface area (Å²) in [5, 5.41) is -0.211. The molecule has 2 bridgehead atoms. The lowest BCUT2D eigenvalue weighted by molar-refractivity contribution is -0.184. The van der Waals surface area contributed by atoms with E-state index >= 15 is 0 Å². The van der Waals surface area contributed by atoms with Crippen molar-refractivity contribution in [2.75, 3.05) is 0 Å². The van der Waals surface area contributed by atoms with Gasteiger partial charge in [0.1, 0.15) is 0 Å². The Labute approximate surface area is 177 Å². The molecule has 0 aromatic rings. The Morgan fingerprint density at radius 2 is 1.86 bits per heavy atom. The Kier molecular flexibility index (Phi) is 4.07. The third kappa shape index (κ3) is 2.25. The van der Waals surface area contributed by atoms with Gasteiger partial charge in [-0.25, -0.2) is 0 Å². The summed E-state index contributed by atoms with van der Waals surface area (Å²) < 4.78 is 5.22. The van der Waals surface area contributed by atoms with Crippen molar-refractivity contribution < 1.29 is 19.1 Å². The molecule has 6 aliphatic rings. The highest BCUT2D eigenvalue weighted by molar-refractivity contribution is 6.64. The Hall–Kier alpha value is -1.16. The van der Waals surface area contributed by atoms with Crippen molar-refractivity contribution in [3.63, 3.8) is 0 Å². The van der Waals surface area contributed by atoms with Crippen LogP contribution < -0.4 is 0 Å². The van der Waals surface area contributed by atoms with Crippen LogP contribution >= 0.6 is 11.6 Å². The zero-order chi connectivity index (χ0) is 20.9. The first-order valence-corrected chi connectivity index (χ1v) is 11.6. The zero-order valence-electron chi connectivity index (χ0n) is 17.8. The number of ether oxygens (including phenoxy) is 1. The molecule has 1 saturated heterocycles. The summed E-state index contributed by atoms with van der Waals surface area (Å²) in [6.07, 6.45) is 7.92. The second kappa shape index (κ2) is 5.96. The monoisotopic (exact) mass is 418 g/mol. The molecule has 0 aromatic heterocycles. The van der Waals surface area contributed by atoms with E-state index in [-0.39, 0.29) is 57.6 Å². The van der Waals surface area contributed by atoms with Crippen LogP contribution in [0.3, 0.4) is 0 Å². The molecule has 1 spiro atoms. The SMILES string of the molecule is CC(C)C1=CC23CCC4C(C)(C(=O)Cl)CCCC4(C)C2CC1C1C(=O)OC(=O)C13. The summed E-state index contributed by atoms with van der Waals surface area (Å²) in [5.41, 5.74) is 0.469. The maximum absolute atomic E-state index is 12.9. The van der Waals surface area contributed by atoms with Gasteiger partial charge < -0.3 is 4.74 Å².